The van der Waals surface area contributed by atoms with E-state index in [2.05, 4.69) is 15.5 Å². The minimum Gasteiger partial charge on any atom is -0.374 e. The average molecular weight is 522 g/mol. The molecule has 2 amide bonds. The van der Waals surface area contributed by atoms with E-state index in [0.29, 0.717) is 37.4 Å². The highest BCUT2D eigenvalue weighted by Gasteiger charge is 2.32. The Hall–Kier alpha value is -5.02. The Morgan fingerprint density at radius 3 is 2.10 bits per heavy atom. The van der Waals surface area contributed by atoms with Crippen molar-refractivity contribution >= 4 is 35.3 Å². The van der Waals surface area contributed by atoms with Gasteiger partial charge < -0.3 is 14.6 Å². The molecule has 0 radical (unpaired) electrons. The summed E-state index contributed by atoms with van der Waals surface area (Å²) in [6.45, 7) is 2.10. The summed E-state index contributed by atoms with van der Waals surface area (Å²) in [6.07, 6.45) is 5.36. The van der Waals surface area contributed by atoms with Crippen LogP contribution in [-0.2, 0) is 14.4 Å². The van der Waals surface area contributed by atoms with E-state index in [-0.39, 0.29) is 11.4 Å². The number of benzene rings is 3. The highest BCUT2D eigenvalue weighted by Crippen LogP contribution is 2.22. The van der Waals surface area contributed by atoms with Crippen molar-refractivity contribution < 1.29 is 19.2 Å². The molecule has 0 aliphatic carbocycles. The number of hydrogen-bond donors (Lipinski definition) is 1. The number of aliphatic imine (C=N–C) groups is 1. The van der Waals surface area contributed by atoms with Gasteiger partial charge in [-0.2, -0.15) is 0 Å². The van der Waals surface area contributed by atoms with Crippen molar-refractivity contribution in [2.75, 3.05) is 31.2 Å². The summed E-state index contributed by atoms with van der Waals surface area (Å²) < 4.78 is 0. The second kappa shape index (κ2) is 12.0. The minimum atomic E-state index is -0.692. The minimum absolute atomic E-state index is 0.0404. The Balaban J connectivity index is 1.38. The fourth-order valence-electron chi connectivity index (χ4n) is 4.19. The first kappa shape index (κ1) is 25.6. The van der Waals surface area contributed by atoms with Crippen molar-refractivity contribution in [1.29, 1.82) is 0 Å². The molecule has 196 valence electrons. The van der Waals surface area contributed by atoms with Crippen LogP contribution in [0.4, 0.5) is 5.69 Å². The van der Waals surface area contributed by atoms with E-state index in [4.69, 9.17) is 4.84 Å². The van der Waals surface area contributed by atoms with Gasteiger partial charge in [0.1, 0.15) is 5.71 Å². The summed E-state index contributed by atoms with van der Waals surface area (Å²) in [6, 6.07) is 27.5. The van der Waals surface area contributed by atoms with Crippen molar-refractivity contribution in [3.63, 3.8) is 0 Å². The van der Waals surface area contributed by atoms with Crippen LogP contribution >= 0.6 is 0 Å². The number of hydrogen-bond acceptors (Lipinski definition) is 7. The van der Waals surface area contributed by atoms with Crippen LogP contribution in [0.3, 0.4) is 0 Å². The quantitative estimate of drug-likeness (QED) is 0.392. The third-order valence-electron chi connectivity index (χ3n) is 6.31. The van der Waals surface area contributed by atoms with Gasteiger partial charge in [-0.05, 0) is 42.1 Å². The van der Waals surface area contributed by atoms with Gasteiger partial charge in [0, 0.05) is 37.8 Å². The van der Waals surface area contributed by atoms with Crippen LogP contribution in [0.2, 0.25) is 0 Å². The first-order chi connectivity index (χ1) is 19.1. The molecule has 0 unspecified atom stereocenters. The number of rotatable bonds is 6. The maximum Gasteiger partial charge on any atom is 0.376 e. The summed E-state index contributed by atoms with van der Waals surface area (Å²) in [5, 5.41) is 1.41. The molecule has 0 atom stereocenters. The topological polar surface area (TPSA) is 94.5 Å². The van der Waals surface area contributed by atoms with Crippen molar-refractivity contribution in [3.05, 3.63) is 120 Å². The monoisotopic (exact) mass is 521 g/mol. The molecule has 2 fully saturated rings. The second-order valence-corrected chi connectivity index (χ2v) is 8.90. The Kier molecular flexibility index (Phi) is 7.89. The predicted molar refractivity (Wildman–Crippen MR) is 148 cm³/mol. The number of hydrazine groups is 1. The summed E-state index contributed by atoms with van der Waals surface area (Å²) in [4.78, 5) is 52.2. The van der Waals surface area contributed by atoms with E-state index in [1.165, 1.54) is 11.1 Å². The zero-order valence-corrected chi connectivity index (χ0v) is 21.1. The first-order valence-electron chi connectivity index (χ1n) is 12.6. The average Bonchev–Trinajstić information content (AvgIpc) is 3.36. The second-order valence-electron chi connectivity index (χ2n) is 8.90. The zero-order valence-electron chi connectivity index (χ0n) is 21.1. The lowest BCUT2D eigenvalue weighted by atomic mass is 10.2. The molecule has 0 aromatic heterocycles. The summed E-state index contributed by atoms with van der Waals surface area (Å²) in [7, 11) is 0. The van der Waals surface area contributed by atoms with Gasteiger partial charge in [-0.3, -0.25) is 9.59 Å². The van der Waals surface area contributed by atoms with Crippen LogP contribution in [0.25, 0.3) is 6.08 Å². The van der Waals surface area contributed by atoms with Gasteiger partial charge in [0.2, 0.25) is 0 Å². The summed E-state index contributed by atoms with van der Waals surface area (Å²) in [5.41, 5.74) is 4.50. The first-order valence-corrected chi connectivity index (χ1v) is 12.6. The highest BCUT2D eigenvalue weighted by molar-refractivity contribution is 6.45. The van der Waals surface area contributed by atoms with Gasteiger partial charge in [-0.1, -0.05) is 72.3 Å². The molecule has 2 aliphatic heterocycles. The lowest BCUT2D eigenvalue weighted by Gasteiger charge is -2.34. The van der Waals surface area contributed by atoms with Gasteiger partial charge in [0.15, 0.2) is 5.70 Å². The molecular weight excluding hydrogens is 494 g/mol. The van der Waals surface area contributed by atoms with Crippen molar-refractivity contribution in [2.45, 2.75) is 0 Å². The Bertz CT molecular complexity index is 1410. The van der Waals surface area contributed by atoms with Crippen LogP contribution in [-0.4, -0.2) is 59.5 Å². The number of nitrogens with one attached hydrogen (secondary N) is 1. The summed E-state index contributed by atoms with van der Waals surface area (Å²) >= 11 is 0. The Morgan fingerprint density at radius 1 is 0.821 bits per heavy atom. The molecule has 9 heteroatoms. The molecule has 0 saturated carbocycles. The molecule has 1 N–H and O–H groups in total. The lowest BCUT2D eigenvalue weighted by Crippen LogP contribution is -2.49. The number of amides is 2. The number of piperazine rings is 1. The highest BCUT2D eigenvalue weighted by atomic mass is 16.7. The molecule has 39 heavy (non-hydrogen) atoms. The maximum atomic E-state index is 13.7. The van der Waals surface area contributed by atoms with E-state index in [1.54, 1.807) is 47.4 Å². The molecule has 2 aliphatic rings. The molecule has 0 bridgehead atoms. The fraction of sp³-hybridized carbons (Fsp3) is 0.133. The van der Waals surface area contributed by atoms with E-state index in [1.807, 2.05) is 60.8 Å². The van der Waals surface area contributed by atoms with Crippen molar-refractivity contribution in [3.8, 4) is 0 Å². The largest absolute Gasteiger partial charge is 0.376 e. The fourth-order valence-corrected chi connectivity index (χ4v) is 4.19. The lowest BCUT2D eigenvalue weighted by molar-refractivity contribution is -0.140. The van der Waals surface area contributed by atoms with Gasteiger partial charge in [0.05, 0.1) is 5.69 Å². The number of anilines is 1. The molecule has 9 nitrogen and oxygen atoms in total. The van der Waals surface area contributed by atoms with Crippen molar-refractivity contribution in [2.24, 2.45) is 4.99 Å². The maximum absolute atomic E-state index is 13.7. The number of para-hydroxylation sites is 1. The van der Waals surface area contributed by atoms with Crippen LogP contribution < -0.4 is 10.6 Å². The SMILES string of the molecule is O=C1ONN(c2ccccc2)/C1=C/C(=NC(=O)c1ccccc1)C(=O)N1CCN(/C=C/c2ccccc2)CC1. The van der Waals surface area contributed by atoms with Gasteiger partial charge in [-0.25, -0.2) is 14.8 Å². The van der Waals surface area contributed by atoms with Gasteiger partial charge in [-0.15, -0.1) is 0 Å². The van der Waals surface area contributed by atoms with E-state index in [0.717, 1.165) is 5.56 Å². The molecule has 5 rings (SSSR count). The van der Waals surface area contributed by atoms with Crippen LogP contribution in [0, 0.1) is 0 Å². The molecule has 2 heterocycles. The third kappa shape index (κ3) is 6.28. The van der Waals surface area contributed by atoms with E-state index < -0.39 is 17.8 Å². The molecule has 3 aromatic rings. The Labute approximate surface area is 226 Å². The van der Waals surface area contributed by atoms with Gasteiger partial charge >= 0.3 is 5.97 Å². The number of nitrogens with zero attached hydrogens (tertiary/aromatic N) is 4. The molecular formula is C30H27N5O4. The van der Waals surface area contributed by atoms with Crippen LogP contribution in [0.1, 0.15) is 15.9 Å². The van der Waals surface area contributed by atoms with Crippen LogP contribution in [0.15, 0.2) is 114 Å². The van der Waals surface area contributed by atoms with E-state index in [9.17, 15) is 14.4 Å². The standard InChI is InChI=1S/C30H27N5O4/c36-28(24-12-6-2-7-13-24)31-26(22-27-30(38)39-32-35(27)25-14-8-3-9-15-25)29(37)34-20-18-33(19-21-34)17-16-23-10-4-1-5-11-23/h1-17,22,32H,18-21H2/b17-16+,27-22+,31-26?. The summed E-state index contributed by atoms with van der Waals surface area (Å²) in [5.74, 6) is -1.71. The van der Waals surface area contributed by atoms with Gasteiger partial charge in [0.25, 0.3) is 11.8 Å². The normalized spacial score (nSPS) is 17.1. The van der Waals surface area contributed by atoms with Crippen LogP contribution in [0.5, 0.6) is 0 Å². The van der Waals surface area contributed by atoms with Crippen molar-refractivity contribution in [1.82, 2.24) is 15.4 Å². The van der Waals surface area contributed by atoms with E-state index >= 15 is 0 Å². The number of carbonyl (C=O) groups is 3. The zero-order chi connectivity index (χ0) is 27.0. The number of carbonyl (C=O) groups excluding carboxylic acids is 3. The predicted octanol–water partition coefficient (Wildman–Crippen LogP) is 3.45. The molecule has 0 spiro atoms. The smallest absolute Gasteiger partial charge is 0.374 e. The Morgan fingerprint density at radius 2 is 1.44 bits per heavy atom. The third-order valence-corrected chi connectivity index (χ3v) is 6.31. The molecule has 2 saturated heterocycles. The molecule has 3 aromatic carbocycles.